The van der Waals surface area contributed by atoms with Gasteiger partial charge < -0.3 is 9.47 Å². The number of nitrogens with zero attached hydrogens (tertiary/aromatic N) is 2. The van der Waals surface area contributed by atoms with Crippen molar-refractivity contribution in [1.29, 1.82) is 0 Å². The lowest BCUT2D eigenvalue weighted by Crippen LogP contribution is -1.98. The number of rotatable bonds is 0. The molecule has 0 unspecified atom stereocenters. The summed E-state index contributed by atoms with van der Waals surface area (Å²) in [5.41, 5.74) is 0. The van der Waals surface area contributed by atoms with Crippen LogP contribution in [0.1, 0.15) is 0 Å². The Morgan fingerprint density at radius 2 is 1.06 bits per heavy atom. The Kier molecular flexibility index (Phi) is 1.80. The Labute approximate surface area is 103 Å². The molecule has 4 nitrogen and oxygen atoms in total. The first-order valence-electron chi connectivity index (χ1n) is 5.61. The van der Waals surface area contributed by atoms with Gasteiger partial charge in [-0.25, -0.2) is 0 Å². The number of ether oxygens (including phenoxy) is 2. The van der Waals surface area contributed by atoms with Gasteiger partial charge in [-0.2, -0.15) is 0 Å². The van der Waals surface area contributed by atoms with Gasteiger partial charge in [0.1, 0.15) is 11.5 Å². The maximum atomic E-state index is 5.74. The third kappa shape index (κ3) is 1.32. The van der Waals surface area contributed by atoms with Crippen molar-refractivity contribution in [2.24, 2.45) is 0 Å². The van der Waals surface area contributed by atoms with Crippen LogP contribution in [0.15, 0.2) is 48.5 Å². The second kappa shape index (κ2) is 3.43. The molecule has 0 atom stereocenters. The summed E-state index contributed by atoms with van der Waals surface area (Å²) in [6.45, 7) is 0. The molecule has 86 valence electrons. The Bertz CT molecular complexity index is 675. The molecule has 0 N–H and O–H groups in total. The zero-order valence-electron chi connectivity index (χ0n) is 9.33. The Morgan fingerprint density at radius 3 is 1.50 bits per heavy atom. The quantitative estimate of drug-likeness (QED) is 0.468. The van der Waals surface area contributed by atoms with Crippen LogP contribution in [0, 0.1) is 0 Å². The standard InChI is InChI=1S/C14H8N2O2/c1-2-4-12-11(3-1)13-15-16-14(12)18-10-7-5-9(17-13)6-8-10/h1-8H. The molecule has 0 amide bonds. The lowest BCUT2D eigenvalue weighted by molar-refractivity contribution is 0.425. The minimum atomic E-state index is 0.493. The predicted molar refractivity (Wildman–Crippen MR) is 66.1 cm³/mol. The van der Waals surface area contributed by atoms with Crippen LogP contribution in [0.4, 0.5) is 0 Å². The lowest BCUT2D eigenvalue weighted by Gasteiger charge is -2.13. The third-order valence-electron chi connectivity index (χ3n) is 2.87. The monoisotopic (exact) mass is 236 g/mol. The fourth-order valence-corrected chi connectivity index (χ4v) is 2.00. The maximum absolute atomic E-state index is 5.74. The van der Waals surface area contributed by atoms with Gasteiger partial charge in [-0.1, -0.05) is 12.1 Å². The van der Waals surface area contributed by atoms with Crippen LogP contribution in [0.5, 0.6) is 23.3 Å². The van der Waals surface area contributed by atoms with Crippen LogP contribution >= 0.6 is 0 Å². The first-order chi connectivity index (χ1) is 8.90. The van der Waals surface area contributed by atoms with E-state index in [2.05, 4.69) is 10.2 Å². The van der Waals surface area contributed by atoms with Gasteiger partial charge >= 0.3 is 0 Å². The molecule has 3 aromatic rings. The second-order valence-corrected chi connectivity index (χ2v) is 4.03. The van der Waals surface area contributed by atoms with Crippen molar-refractivity contribution in [2.75, 3.05) is 0 Å². The van der Waals surface area contributed by atoms with Gasteiger partial charge in [0, 0.05) is 0 Å². The molecule has 18 heavy (non-hydrogen) atoms. The molecule has 0 radical (unpaired) electrons. The van der Waals surface area contributed by atoms with Gasteiger partial charge in [0.05, 0.1) is 10.8 Å². The van der Waals surface area contributed by atoms with E-state index in [9.17, 15) is 0 Å². The van der Waals surface area contributed by atoms with E-state index < -0.39 is 0 Å². The summed E-state index contributed by atoms with van der Waals surface area (Å²) in [4.78, 5) is 0. The molecule has 4 heteroatoms. The molecule has 0 spiro atoms. The molecule has 7 rings (SSSR count). The van der Waals surface area contributed by atoms with Crippen molar-refractivity contribution in [2.45, 2.75) is 0 Å². The summed E-state index contributed by atoms with van der Waals surface area (Å²) in [6, 6.07) is 15.2. The highest BCUT2D eigenvalue weighted by Crippen LogP contribution is 2.36. The highest BCUT2D eigenvalue weighted by molar-refractivity contribution is 5.90. The van der Waals surface area contributed by atoms with Gasteiger partial charge in [-0.15, -0.1) is 10.2 Å². The van der Waals surface area contributed by atoms with Crippen LogP contribution in [-0.4, -0.2) is 10.2 Å². The Morgan fingerprint density at radius 1 is 0.611 bits per heavy atom. The van der Waals surface area contributed by atoms with Gasteiger partial charge in [0.25, 0.3) is 0 Å². The van der Waals surface area contributed by atoms with E-state index in [0.717, 1.165) is 22.3 Å². The fourth-order valence-electron chi connectivity index (χ4n) is 2.00. The largest absolute Gasteiger partial charge is 0.437 e. The number of benzene rings is 2. The van der Waals surface area contributed by atoms with Crippen molar-refractivity contribution in [3.8, 4) is 23.3 Å². The van der Waals surface area contributed by atoms with E-state index in [0.29, 0.717) is 11.8 Å². The maximum Gasteiger partial charge on any atom is 0.247 e. The summed E-state index contributed by atoms with van der Waals surface area (Å²) >= 11 is 0. The van der Waals surface area contributed by atoms with Crippen LogP contribution in [0.3, 0.4) is 0 Å². The fraction of sp³-hybridized carbons (Fsp3) is 0. The van der Waals surface area contributed by atoms with Crippen LogP contribution in [0.25, 0.3) is 10.8 Å². The summed E-state index contributed by atoms with van der Waals surface area (Å²) < 4.78 is 11.5. The predicted octanol–water partition coefficient (Wildman–Crippen LogP) is 3.53. The molecule has 0 fully saturated rings. The SMILES string of the molecule is c1ccc2c3nnc(c2c1)Oc1ccc(cc1)O3. The normalized spacial score (nSPS) is 12.2. The first kappa shape index (κ1) is 9.41. The summed E-state index contributed by atoms with van der Waals surface area (Å²) in [7, 11) is 0. The first-order valence-corrected chi connectivity index (χ1v) is 5.61. The number of aromatic nitrogens is 2. The number of hydrogen-bond acceptors (Lipinski definition) is 4. The zero-order valence-corrected chi connectivity index (χ0v) is 9.33. The Balaban J connectivity index is 2.09. The van der Waals surface area contributed by atoms with Crippen LogP contribution in [-0.2, 0) is 0 Å². The summed E-state index contributed by atoms with van der Waals surface area (Å²) in [6.07, 6.45) is 0. The van der Waals surface area contributed by atoms with E-state index in [4.69, 9.17) is 9.47 Å². The van der Waals surface area contributed by atoms with Crippen molar-refractivity contribution >= 4 is 10.8 Å². The topological polar surface area (TPSA) is 44.2 Å². The summed E-state index contributed by atoms with van der Waals surface area (Å²) in [5.74, 6) is 2.42. The van der Waals surface area contributed by atoms with E-state index in [-0.39, 0.29) is 0 Å². The highest BCUT2D eigenvalue weighted by Gasteiger charge is 2.14. The smallest absolute Gasteiger partial charge is 0.247 e. The van der Waals surface area contributed by atoms with E-state index in [1.807, 2.05) is 48.5 Å². The van der Waals surface area contributed by atoms with Crippen molar-refractivity contribution in [1.82, 2.24) is 10.2 Å². The summed E-state index contributed by atoms with van der Waals surface area (Å²) in [5, 5.41) is 9.92. The lowest BCUT2D eigenvalue weighted by atomic mass is 10.2. The molecule has 0 saturated heterocycles. The van der Waals surface area contributed by atoms with Crippen molar-refractivity contribution in [3.63, 3.8) is 0 Å². The molecule has 4 aliphatic rings. The average molecular weight is 236 g/mol. The molecule has 5 heterocycles. The third-order valence-corrected chi connectivity index (χ3v) is 2.87. The highest BCUT2D eigenvalue weighted by atomic mass is 16.5. The minimum absolute atomic E-state index is 0.493. The van der Waals surface area contributed by atoms with Crippen LogP contribution in [0.2, 0.25) is 0 Å². The van der Waals surface area contributed by atoms with E-state index in [1.54, 1.807) is 0 Å². The Hall–Kier alpha value is -2.62. The molecule has 0 aliphatic carbocycles. The molecule has 0 saturated carbocycles. The van der Waals surface area contributed by atoms with Gasteiger partial charge in [-0.3, -0.25) is 0 Å². The molecule has 1 aromatic heterocycles. The van der Waals surface area contributed by atoms with Gasteiger partial charge in [0.2, 0.25) is 11.8 Å². The molecule has 4 bridgehead atoms. The second-order valence-electron chi connectivity index (χ2n) is 4.03. The zero-order chi connectivity index (χ0) is 11.9. The van der Waals surface area contributed by atoms with Crippen molar-refractivity contribution < 1.29 is 9.47 Å². The minimum Gasteiger partial charge on any atom is -0.437 e. The van der Waals surface area contributed by atoms with Crippen LogP contribution < -0.4 is 9.47 Å². The van der Waals surface area contributed by atoms with E-state index >= 15 is 0 Å². The van der Waals surface area contributed by atoms with Crippen molar-refractivity contribution in [3.05, 3.63) is 48.5 Å². The number of hydrogen-bond donors (Lipinski definition) is 0. The van der Waals surface area contributed by atoms with Gasteiger partial charge in [-0.05, 0) is 36.4 Å². The molecular weight excluding hydrogens is 228 g/mol. The molecular formula is C14H8N2O2. The molecule has 2 aromatic carbocycles. The van der Waals surface area contributed by atoms with E-state index in [1.165, 1.54) is 0 Å². The molecule has 4 aliphatic heterocycles. The average Bonchev–Trinajstić information content (AvgIpc) is 2.45. The van der Waals surface area contributed by atoms with Gasteiger partial charge in [0.15, 0.2) is 0 Å².